The van der Waals surface area contributed by atoms with Crippen molar-refractivity contribution in [3.05, 3.63) is 87.4 Å². The number of carbonyl (C=O) groups excluding carboxylic acids is 1. The van der Waals surface area contributed by atoms with E-state index >= 15 is 0 Å². The van der Waals surface area contributed by atoms with Crippen LogP contribution in [0.25, 0.3) is 17.3 Å². The van der Waals surface area contributed by atoms with Gasteiger partial charge < -0.3 is 9.67 Å². The second kappa shape index (κ2) is 11.4. The summed E-state index contributed by atoms with van der Waals surface area (Å²) in [5, 5.41) is 10.4. The van der Waals surface area contributed by atoms with Crippen molar-refractivity contribution in [2.24, 2.45) is 23.7 Å². The van der Waals surface area contributed by atoms with Crippen LogP contribution >= 0.6 is 35.6 Å². The summed E-state index contributed by atoms with van der Waals surface area (Å²) in [6.07, 6.45) is 9.89. The van der Waals surface area contributed by atoms with Crippen molar-refractivity contribution < 1.29 is 9.90 Å². The minimum Gasteiger partial charge on any atom is -0.396 e. The Balaban J connectivity index is 1.28. The third-order valence-electron chi connectivity index (χ3n) is 9.69. The normalized spacial score (nSPS) is 27.9. The van der Waals surface area contributed by atoms with Crippen LogP contribution in [0.4, 0.5) is 0 Å². The van der Waals surface area contributed by atoms with Crippen molar-refractivity contribution in [2.45, 2.75) is 57.5 Å². The fraction of sp³-hybridized carbons (Fsp3) is 0.412. The van der Waals surface area contributed by atoms with Gasteiger partial charge in [0, 0.05) is 29.9 Å². The summed E-state index contributed by atoms with van der Waals surface area (Å²) < 4.78 is 3.03. The lowest BCUT2D eigenvalue weighted by molar-refractivity contribution is -0.130. The number of nitrogens with zero attached hydrogens (tertiary/aromatic N) is 2. The standard InChI is InChI=1S/C34H35ClN2O2S2/c35-28-10-8-24(9-11-28)31-25(7-4-12-38)18-29(36(31)20-21-5-2-1-3-6-21)19-30-33(39)37(34(40)41-30)32-26-14-22-13-23(16-26)17-27(32)15-22/h1-3,5-6,8-11,18-19,22-23,26-27,32,38H,4,7,12-17,20H2. The number of aliphatic hydroxyl groups is 1. The zero-order valence-electron chi connectivity index (χ0n) is 23.0. The number of aryl methyl sites for hydroxylation is 1. The van der Waals surface area contributed by atoms with Crippen LogP contribution < -0.4 is 0 Å². The number of hydrogen-bond donors (Lipinski definition) is 1. The molecule has 0 unspecified atom stereocenters. The highest BCUT2D eigenvalue weighted by Crippen LogP contribution is 2.56. The van der Waals surface area contributed by atoms with Crippen molar-refractivity contribution in [1.82, 2.24) is 9.47 Å². The Morgan fingerprint density at radius 1 is 0.976 bits per heavy atom. The minimum atomic E-state index is 0.0786. The van der Waals surface area contributed by atoms with E-state index in [0.717, 1.165) is 45.1 Å². The van der Waals surface area contributed by atoms with E-state index in [9.17, 15) is 9.90 Å². The summed E-state index contributed by atoms with van der Waals surface area (Å²) in [5.41, 5.74) is 5.49. The molecule has 4 saturated carbocycles. The van der Waals surface area contributed by atoms with Crippen LogP contribution in [0.5, 0.6) is 0 Å². The first-order valence-electron chi connectivity index (χ1n) is 14.9. The fourth-order valence-corrected chi connectivity index (χ4v) is 9.74. The zero-order valence-corrected chi connectivity index (χ0v) is 25.4. The number of thioether (sulfide) groups is 1. The second-order valence-corrected chi connectivity index (χ2v) is 14.4. The molecule has 0 atom stereocenters. The zero-order chi connectivity index (χ0) is 28.1. The molecule has 1 amide bonds. The lowest BCUT2D eigenvalue weighted by Gasteiger charge is -2.56. The molecular weight excluding hydrogens is 568 g/mol. The van der Waals surface area contributed by atoms with Crippen LogP contribution in [0.1, 0.15) is 55.3 Å². The number of carbonyl (C=O) groups is 1. The summed E-state index contributed by atoms with van der Waals surface area (Å²) in [4.78, 5) is 16.8. The Labute approximate surface area is 256 Å². The Morgan fingerprint density at radius 2 is 1.66 bits per heavy atom. The number of aliphatic hydroxyl groups excluding tert-OH is 1. The highest BCUT2D eigenvalue weighted by Gasteiger charge is 2.53. The molecule has 0 radical (unpaired) electrons. The van der Waals surface area contributed by atoms with Crippen molar-refractivity contribution in [3.63, 3.8) is 0 Å². The van der Waals surface area contributed by atoms with Crippen LogP contribution in [-0.4, -0.2) is 37.4 Å². The van der Waals surface area contributed by atoms with E-state index < -0.39 is 0 Å². The highest BCUT2D eigenvalue weighted by atomic mass is 35.5. The Bertz CT molecular complexity index is 1470. The van der Waals surface area contributed by atoms with Gasteiger partial charge in [-0.05, 0) is 110 Å². The van der Waals surface area contributed by atoms with Gasteiger partial charge in [-0.15, -0.1) is 0 Å². The molecule has 5 aliphatic rings. The molecule has 4 aliphatic carbocycles. The van der Waals surface area contributed by atoms with Crippen LogP contribution in [-0.2, 0) is 17.8 Å². The molecule has 3 aromatic rings. The lowest BCUT2D eigenvalue weighted by Crippen LogP contribution is -2.57. The molecule has 2 aromatic carbocycles. The maximum Gasteiger partial charge on any atom is 0.266 e. The molecular formula is C34H35ClN2O2S2. The van der Waals surface area contributed by atoms with Crippen molar-refractivity contribution in [3.8, 4) is 11.3 Å². The second-order valence-electron chi connectivity index (χ2n) is 12.3. The third-order valence-corrected chi connectivity index (χ3v) is 11.3. The minimum absolute atomic E-state index is 0.0786. The molecule has 212 valence electrons. The predicted octanol–water partition coefficient (Wildman–Crippen LogP) is 7.81. The molecule has 1 saturated heterocycles. The number of rotatable bonds is 8. The molecule has 1 aromatic heterocycles. The Morgan fingerprint density at radius 3 is 2.32 bits per heavy atom. The van der Waals surface area contributed by atoms with Crippen molar-refractivity contribution in [2.75, 3.05) is 6.61 Å². The van der Waals surface area contributed by atoms with Gasteiger partial charge in [-0.1, -0.05) is 78.0 Å². The van der Waals surface area contributed by atoms with Gasteiger partial charge >= 0.3 is 0 Å². The molecule has 7 heteroatoms. The molecule has 0 spiro atoms. The van der Waals surface area contributed by atoms with Gasteiger partial charge in [0.05, 0.1) is 10.6 Å². The molecule has 2 heterocycles. The fourth-order valence-electron chi connectivity index (χ4n) is 8.28. The molecule has 4 nitrogen and oxygen atoms in total. The lowest BCUT2D eigenvalue weighted by atomic mass is 9.54. The number of thiocarbonyl (C=S) groups is 1. The van der Waals surface area contributed by atoms with Gasteiger partial charge in [-0.25, -0.2) is 0 Å². The first-order chi connectivity index (χ1) is 20.0. The topological polar surface area (TPSA) is 45.5 Å². The smallest absolute Gasteiger partial charge is 0.266 e. The first kappa shape index (κ1) is 27.5. The Hall–Kier alpha value is -2.38. The van der Waals surface area contributed by atoms with Gasteiger partial charge in [-0.3, -0.25) is 9.69 Å². The van der Waals surface area contributed by atoms with E-state index in [1.807, 2.05) is 23.1 Å². The van der Waals surface area contributed by atoms with Crippen LogP contribution in [0.3, 0.4) is 0 Å². The quantitative estimate of drug-likeness (QED) is 0.211. The van der Waals surface area contributed by atoms with E-state index in [1.54, 1.807) is 0 Å². The molecule has 4 bridgehead atoms. The average molecular weight is 603 g/mol. The third kappa shape index (κ3) is 5.22. The van der Waals surface area contributed by atoms with E-state index in [4.69, 9.17) is 23.8 Å². The first-order valence-corrected chi connectivity index (χ1v) is 16.5. The molecule has 41 heavy (non-hydrogen) atoms. The van der Waals surface area contributed by atoms with E-state index in [0.29, 0.717) is 34.7 Å². The van der Waals surface area contributed by atoms with Gasteiger partial charge in [0.2, 0.25) is 0 Å². The largest absolute Gasteiger partial charge is 0.396 e. The maximum atomic E-state index is 14.1. The van der Waals surface area contributed by atoms with Gasteiger partial charge in [0.1, 0.15) is 4.32 Å². The number of halogens is 1. The van der Waals surface area contributed by atoms with Crippen molar-refractivity contribution >= 4 is 51.9 Å². The van der Waals surface area contributed by atoms with Gasteiger partial charge in [-0.2, -0.15) is 0 Å². The highest BCUT2D eigenvalue weighted by molar-refractivity contribution is 8.26. The summed E-state index contributed by atoms with van der Waals surface area (Å²) in [5.74, 6) is 2.98. The predicted molar refractivity (Wildman–Crippen MR) is 172 cm³/mol. The number of aromatic nitrogens is 1. The molecule has 5 fully saturated rings. The van der Waals surface area contributed by atoms with E-state index in [-0.39, 0.29) is 18.6 Å². The van der Waals surface area contributed by atoms with Crippen LogP contribution in [0.15, 0.2) is 65.6 Å². The number of hydrogen-bond acceptors (Lipinski definition) is 4. The van der Waals surface area contributed by atoms with E-state index in [1.165, 1.54) is 49.4 Å². The summed E-state index contributed by atoms with van der Waals surface area (Å²) in [6.45, 7) is 0.795. The molecule has 8 rings (SSSR count). The average Bonchev–Trinajstić information content (AvgIpc) is 3.43. The number of amides is 1. The SMILES string of the molecule is O=C1C(=Cc2cc(CCCO)c(-c3ccc(Cl)cc3)n2Cc2ccccc2)SC(=S)N1C1C2CC3CC(C2)CC1C3. The monoisotopic (exact) mass is 602 g/mol. The van der Waals surface area contributed by atoms with Gasteiger partial charge in [0.15, 0.2) is 0 Å². The molecule has 1 aliphatic heterocycles. The van der Waals surface area contributed by atoms with Crippen LogP contribution in [0.2, 0.25) is 5.02 Å². The summed E-state index contributed by atoms with van der Waals surface area (Å²) >= 11 is 13.6. The maximum absolute atomic E-state index is 14.1. The van der Waals surface area contributed by atoms with Crippen molar-refractivity contribution in [1.29, 1.82) is 0 Å². The van der Waals surface area contributed by atoms with Crippen LogP contribution in [0, 0.1) is 23.7 Å². The molecule has 1 N–H and O–H groups in total. The number of benzene rings is 2. The summed E-state index contributed by atoms with van der Waals surface area (Å²) in [7, 11) is 0. The van der Waals surface area contributed by atoms with Gasteiger partial charge in [0.25, 0.3) is 5.91 Å². The Kier molecular flexibility index (Phi) is 7.61. The van der Waals surface area contributed by atoms with E-state index in [2.05, 4.69) is 53.1 Å². The summed E-state index contributed by atoms with van der Waals surface area (Å²) in [6, 6.07) is 20.8.